The number of aliphatic hydroxyl groups is 1. The molecule has 3 heterocycles. The first-order chi connectivity index (χ1) is 14.0. The van der Waals surface area contributed by atoms with Crippen molar-refractivity contribution in [1.82, 2.24) is 19.7 Å². The molecule has 1 fully saturated rings. The molecule has 7 nitrogen and oxygen atoms in total. The van der Waals surface area contributed by atoms with Gasteiger partial charge in [-0.3, -0.25) is 0 Å². The number of nitrogens with one attached hydrogen (secondary N) is 1. The van der Waals surface area contributed by atoms with Crippen LogP contribution in [0.4, 0.5) is 26.4 Å². The Labute approximate surface area is 167 Å². The second-order valence-electron chi connectivity index (χ2n) is 7.29. The SMILES string of the molecule is Cc1cc(Nc2ncn(-c3cc(F)cc(F)c3)n2)nc(N2CCCC(CO)C2)c1. The molecule has 152 valence electrons. The van der Waals surface area contributed by atoms with Crippen LogP contribution in [0.15, 0.2) is 36.7 Å². The Hall–Kier alpha value is -3.07. The van der Waals surface area contributed by atoms with Crippen molar-refractivity contribution in [2.75, 3.05) is 29.9 Å². The van der Waals surface area contributed by atoms with Gasteiger partial charge in [-0.25, -0.2) is 18.4 Å². The number of benzene rings is 1. The van der Waals surface area contributed by atoms with E-state index in [1.54, 1.807) is 0 Å². The molecule has 2 aromatic heterocycles. The maximum Gasteiger partial charge on any atom is 0.248 e. The van der Waals surface area contributed by atoms with Crippen LogP contribution in [0.25, 0.3) is 5.69 Å². The Morgan fingerprint density at radius 2 is 1.97 bits per heavy atom. The Morgan fingerprint density at radius 3 is 2.72 bits per heavy atom. The summed E-state index contributed by atoms with van der Waals surface area (Å²) in [7, 11) is 0. The number of aromatic nitrogens is 4. The van der Waals surface area contributed by atoms with E-state index in [9.17, 15) is 13.9 Å². The normalized spacial score (nSPS) is 16.8. The zero-order valence-corrected chi connectivity index (χ0v) is 16.0. The van der Waals surface area contributed by atoms with Crippen LogP contribution >= 0.6 is 0 Å². The summed E-state index contributed by atoms with van der Waals surface area (Å²) in [6, 6.07) is 7.04. The van der Waals surface area contributed by atoms with Crippen molar-refractivity contribution in [3.05, 3.63) is 53.9 Å². The van der Waals surface area contributed by atoms with Crippen LogP contribution in [0.1, 0.15) is 18.4 Å². The fraction of sp³-hybridized carbons (Fsp3) is 0.350. The number of hydrogen-bond acceptors (Lipinski definition) is 6. The third kappa shape index (κ3) is 4.51. The molecular formula is C20H22F2N6O. The number of aryl methyl sites for hydroxylation is 1. The highest BCUT2D eigenvalue weighted by Gasteiger charge is 2.21. The maximum absolute atomic E-state index is 13.4. The molecular weight excluding hydrogens is 378 g/mol. The van der Waals surface area contributed by atoms with Crippen LogP contribution in [0.5, 0.6) is 0 Å². The monoisotopic (exact) mass is 400 g/mol. The predicted molar refractivity (Wildman–Crippen MR) is 106 cm³/mol. The van der Waals surface area contributed by atoms with Crippen LogP contribution in [-0.4, -0.2) is 44.6 Å². The lowest BCUT2D eigenvalue weighted by atomic mass is 9.99. The maximum atomic E-state index is 13.4. The minimum atomic E-state index is -0.683. The summed E-state index contributed by atoms with van der Waals surface area (Å²) in [5, 5.41) is 16.7. The lowest BCUT2D eigenvalue weighted by Gasteiger charge is -2.33. The summed E-state index contributed by atoms with van der Waals surface area (Å²) in [6.45, 7) is 3.82. The average Bonchev–Trinajstić information content (AvgIpc) is 3.15. The van der Waals surface area contributed by atoms with Gasteiger partial charge in [-0.2, -0.15) is 4.98 Å². The summed E-state index contributed by atoms with van der Waals surface area (Å²) in [4.78, 5) is 11.0. The molecule has 0 saturated carbocycles. The molecule has 0 aliphatic carbocycles. The Morgan fingerprint density at radius 1 is 1.17 bits per heavy atom. The van der Waals surface area contributed by atoms with E-state index in [1.807, 2.05) is 19.1 Å². The van der Waals surface area contributed by atoms with Crippen molar-refractivity contribution in [1.29, 1.82) is 0 Å². The van der Waals surface area contributed by atoms with Gasteiger partial charge in [0.15, 0.2) is 0 Å². The van der Waals surface area contributed by atoms with Crippen LogP contribution < -0.4 is 10.2 Å². The summed E-state index contributed by atoms with van der Waals surface area (Å²) in [5.74, 6) is 0.569. The number of pyridine rings is 1. The van der Waals surface area contributed by atoms with Gasteiger partial charge in [-0.1, -0.05) is 0 Å². The van der Waals surface area contributed by atoms with Gasteiger partial charge < -0.3 is 15.3 Å². The third-order valence-electron chi connectivity index (χ3n) is 4.90. The fourth-order valence-corrected chi connectivity index (χ4v) is 3.53. The molecule has 1 aliphatic heterocycles. The Balaban J connectivity index is 1.54. The van der Waals surface area contributed by atoms with Crippen molar-refractivity contribution in [3.8, 4) is 5.69 Å². The zero-order valence-electron chi connectivity index (χ0n) is 16.0. The van der Waals surface area contributed by atoms with E-state index in [0.717, 1.165) is 43.4 Å². The minimum absolute atomic E-state index is 0.176. The number of rotatable bonds is 5. The molecule has 1 saturated heterocycles. The summed E-state index contributed by atoms with van der Waals surface area (Å²) >= 11 is 0. The van der Waals surface area contributed by atoms with Gasteiger partial charge in [-0.05, 0) is 55.5 Å². The zero-order chi connectivity index (χ0) is 20.4. The quantitative estimate of drug-likeness (QED) is 0.685. The molecule has 4 rings (SSSR count). The molecule has 2 N–H and O–H groups in total. The second kappa shape index (κ2) is 8.12. The van der Waals surface area contributed by atoms with Gasteiger partial charge in [0, 0.05) is 25.8 Å². The lowest BCUT2D eigenvalue weighted by Crippen LogP contribution is -2.37. The highest BCUT2D eigenvalue weighted by atomic mass is 19.1. The highest BCUT2D eigenvalue weighted by Crippen LogP contribution is 2.25. The summed E-state index contributed by atoms with van der Waals surface area (Å²) < 4.78 is 28.2. The molecule has 1 unspecified atom stereocenters. The van der Waals surface area contributed by atoms with E-state index in [1.165, 1.54) is 23.1 Å². The molecule has 0 amide bonds. The smallest absolute Gasteiger partial charge is 0.248 e. The number of anilines is 3. The number of nitrogens with zero attached hydrogens (tertiary/aromatic N) is 5. The van der Waals surface area contributed by atoms with Crippen LogP contribution in [0, 0.1) is 24.5 Å². The van der Waals surface area contributed by atoms with Crippen LogP contribution in [0.3, 0.4) is 0 Å². The van der Waals surface area contributed by atoms with E-state index in [4.69, 9.17) is 0 Å². The number of aliphatic hydroxyl groups excluding tert-OH is 1. The molecule has 1 aliphatic rings. The first kappa shape index (κ1) is 19.3. The molecule has 0 radical (unpaired) electrons. The Bertz CT molecular complexity index is 988. The predicted octanol–water partition coefficient (Wildman–Crippen LogP) is 3.20. The van der Waals surface area contributed by atoms with Crippen molar-refractivity contribution < 1.29 is 13.9 Å². The lowest BCUT2D eigenvalue weighted by molar-refractivity contribution is 0.208. The standard InChI is InChI=1S/C20H22F2N6O/c1-13-5-18(24-19(6-13)27-4-2-3-14(10-27)11-29)25-20-23-12-28(26-20)17-8-15(21)7-16(22)9-17/h5-9,12,14,29H,2-4,10-11H2,1H3,(H,24,25,26). The topological polar surface area (TPSA) is 79.1 Å². The van der Waals surface area contributed by atoms with Crippen molar-refractivity contribution in [2.45, 2.75) is 19.8 Å². The van der Waals surface area contributed by atoms with E-state index >= 15 is 0 Å². The van der Waals surface area contributed by atoms with E-state index in [0.29, 0.717) is 5.82 Å². The highest BCUT2D eigenvalue weighted by molar-refractivity contribution is 5.55. The van der Waals surface area contributed by atoms with Gasteiger partial charge in [-0.15, -0.1) is 5.10 Å². The molecule has 9 heteroatoms. The Kier molecular flexibility index (Phi) is 5.39. The second-order valence-corrected chi connectivity index (χ2v) is 7.29. The van der Waals surface area contributed by atoms with Crippen LogP contribution in [-0.2, 0) is 0 Å². The van der Waals surface area contributed by atoms with Gasteiger partial charge >= 0.3 is 0 Å². The molecule has 3 aromatic rings. The fourth-order valence-electron chi connectivity index (χ4n) is 3.53. The minimum Gasteiger partial charge on any atom is -0.396 e. The molecule has 0 bridgehead atoms. The number of hydrogen-bond donors (Lipinski definition) is 2. The van der Waals surface area contributed by atoms with Gasteiger partial charge in [0.25, 0.3) is 0 Å². The summed E-state index contributed by atoms with van der Waals surface area (Å²) in [5.41, 5.74) is 1.26. The molecule has 29 heavy (non-hydrogen) atoms. The van der Waals surface area contributed by atoms with Crippen molar-refractivity contribution >= 4 is 17.6 Å². The van der Waals surface area contributed by atoms with Gasteiger partial charge in [0.1, 0.15) is 29.6 Å². The first-order valence-electron chi connectivity index (χ1n) is 9.50. The molecule has 1 aromatic carbocycles. The van der Waals surface area contributed by atoms with E-state index in [-0.39, 0.29) is 24.2 Å². The van der Waals surface area contributed by atoms with Gasteiger partial charge in [0.2, 0.25) is 5.95 Å². The summed E-state index contributed by atoms with van der Waals surface area (Å²) in [6.07, 6.45) is 3.41. The molecule has 0 spiro atoms. The first-order valence-corrected chi connectivity index (χ1v) is 9.50. The largest absolute Gasteiger partial charge is 0.396 e. The number of piperidine rings is 1. The van der Waals surface area contributed by atoms with Crippen molar-refractivity contribution in [3.63, 3.8) is 0 Å². The average molecular weight is 400 g/mol. The van der Waals surface area contributed by atoms with E-state index < -0.39 is 11.6 Å². The molecule has 1 atom stereocenters. The van der Waals surface area contributed by atoms with Crippen LogP contribution in [0.2, 0.25) is 0 Å². The number of halogens is 2. The van der Waals surface area contributed by atoms with E-state index in [2.05, 4.69) is 25.3 Å². The van der Waals surface area contributed by atoms with Crippen molar-refractivity contribution in [2.24, 2.45) is 5.92 Å². The third-order valence-corrected chi connectivity index (χ3v) is 4.90. The van der Waals surface area contributed by atoms with Gasteiger partial charge in [0.05, 0.1) is 5.69 Å².